The Hall–Kier alpha value is -1.39. The van der Waals surface area contributed by atoms with Gasteiger partial charge in [-0.15, -0.1) is 0 Å². The molecule has 0 aliphatic heterocycles. The van der Waals surface area contributed by atoms with E-state index in [4.69, 9.17) is 4.74 Å². The Bertz CT molecular complexity index is 928. The van der Waals surface area contributed by atoms with Crippen molar-refractivity contribution in [1.82, 2.24) is 0 Å². The van der Waals surface area contributed by atoms with Gasteiger partial charge >= 0.3 is 0 Å². The average molecular weight is 485 g/mol. The predicted molar refractivity (Wildman–Crippen MR) is 140 cm³/mol. The third-order valence-corrected chi connectivity index (χ3v) is 11.6. The predicted octanol–water partition coefficient (Wildman–Crippen LogP) is 6.38. The van der Waals surface area contributed by atoms with E-state index in [0.29, 0.717) is 24.7 Å². The average Bonchev–Trinajstić information content (AvgIpc) is 3.00. The topological polar surface area (TPSA) is 66.8 Å². The fraction of sp³-hybridized carbons (Fsp3) is 0.774. The zero-order valence-electron chi connectivity index (χ0n) is 23.1. The summed E-state index contributed by atoms with van der Waals surface area (Å²) in [6, 6.07) is 0. The van der Waals surface area contributed by atoms with E-state index in [-0.39, 0.29) is 34.4 Å². The summed E-state index contributed by atoms with van der Waals surface area (Å²) < 4.78 is 5.74. The minimum Gasteiger partial charge on any atom is -0.464 e. The first-order chi connectivity index (χ1) is 16.2. The number of aliphatic hydroxyl groups is 2. The maximum atomic E-state index is 11.7. The second kappa shape index (κ2) is 8.87. The SMILES string of the molecule is C=C(CC[C@@H](OC=O)[C@H]1C[C@H](O)[C@@]2(C)C3=CC[C@H]4C(C)(C)[C@H](O)CC[C@]4(C)C3=CC[C@]12C)C(C)C. The van der Waals surface area contributed by atoms with Gasteiger partial charge in [0.05, 0.1) is 12.2 Å². The molecular formula is C31H48O4. The Balaban J connectivity index is 1.71. The number of hydrogen-bond donors (Lipinski definition) is 2. The summed E-state index contributed by atoms with van der Waals surface area (Å²) in [5, 5.41) is 22.5. The van der Waals surface area contributed by atoms with E-state index in [0.717, 1.165) is 38.5 Å². The van der Waals surface area contributed by atoms with Crippen LogP contribution in [0.3, 0.4) is 0 Å². The van der Waals surface area contributed by atoms with E-state index in [1.165, 1.54) is 16.7 Å². The fourth-order valence-electron chi connectivity index (χ4n) is 8.69. The van der Waals surface area contributed by atoms with Crippen LogP contribution < -0.4 is 0 Å². The van der Waals surface area contributed by atoms with Crippen molar-refractivity contribution in [3.8, 4) is 0 Å². The molecule has 0 spiro atoms. The van der Waals surface area contributed by atoms with E-state index >= 15 is 0 Å². The number of fused-ring (bicyclic) bond motifs is 5. The van der Waals surface area contributed by atoms with Crippen LogP contribution >= 0.6 is 0 Å². The Morgan fingerprint density at radius 1 is 1.14 bits per heavy atom. The van der Waals surface area contributed by atoms with Crippen molar-refractivity contribution in [3.05, 3.63) is 35.5 Å². The lowest BCUT2D eigenvalue weighted by Crippen LogP contribution is -2.56. The quantitative estimate of drug-likeness (QED) is 0.325. The number of carbonyl (C=O) groups excluding carboxylic acids is 1. The van der Waals surface area contributed by atoms with Crippen LogP contribution in [0.4, 0.5) is 0 Å². The first-order valence-corrected chi connectivity index (χ1v) is 13.8. The van der Waals surface area contributed by atoms with Gasteiger partial charge in [0.25, 0.3) is 6.47 Å². The molecule has 2 N–H and O–H groups in total. The van der Waals surface area contributed by atoms with E-state index < -0.39 is 11.5 Å². The molecule has 0 aromatic heterocycles. The molecule has 0 aromatic rings. The summed E-state index contributed by atoms with van der Waals surface area (Å²) in [6.45, 7) is 20.5. The van der Waals surface area contributed by atoms with Crippen LogP contribution in [-0.2, 0) is 9.53 Å². The van der Waals surface area contributed by atoms with Gasteiger partial charge in [-0.3, -0.25) is 4.79 Å². The summed E-state index contributed by atoms with van der Waals surface area (Å²) in [7, 11) is 0. The number of ether oxygens (including phenoxy) is 1. The van der Waals surface area contributed by atoms with E-state index in [1.807, 2.05) is 0 Å². The molecular weight excluding hydrogens is 436 g/mol. The molecule has 4 heteroatoms. The highest BCUT2D eigenvalue weighted by atomic mass is 16.5. The standard InChI is InChI=1S/C31H48O4/c1-19(2)20(3)9-11-24(35-18-32)23-17-27(34)31(8)22-10-12-25-28(4,5)26(33)14-15-29(25,6)21(22)13-16-30(23,31)7/h10,13,18-19,23-27,33-34H,3,9,11-12,14-17H2,1-2,4-8H3/t23-,24-,25+,26-,27+,29-,30-,31-/m1/s1. The molecule has 0 aromatic carbocycles. The van der Waals surface area contributed by atoms with E-state index in [1.54, 1.807) is 0 Å². The number of rotatable bonds is 7. The molecule has 0 unspecified atom stereocenters. The number of aliphatic hydroxyl groups excluding tert-OH is 2. The lowest BCUT2D eigenvalue weighted by atomic mass is 9.44. The largest absolute Gasteiger partial charge is 0.464 e. The van der Waals surface area contributed by atoms with E-state index in [2.05, 4.69) is 67.2 Å². The fourth-order valence-corrected chi connectivity index (χ4v) is 8.69. The zero-order valence-corrected chi connectivity index (χ0v) is 23.1. The minimum atomic E-state index is -0.485. The van der Waals surface area contributed by atoms with Crippen molar-refractivity contribution in [2.75, 3.05) is 0 Å². The van der Waals surface area contributed by atoms with Gasteiger partial charge in [-0.2, -0.15) is 0 Å². The van der Waals surface area contributed by atoms with Crippen LogP contribution in [0.25, 0.3) is 0 Å². The summed E-state index contributed by atoms with van der Waals surface area (Å²) >= 11 is 0. The molecule has 0 saturated heterocycles. The lowest BCUT2D eigenvalue weighted by Gasteiger charge is -2.61. The molecule has 0 bridgehead atoms. The summed E-state index contributed by atoms with van der Waals surface area (Å²) in [4.78, 5) is 11.5. The Labute approximate surface area is 212 Å². The second-order valence-corrected chi connectivity index (χ2v) is 13.6. The van der Waals surface area contributed by atoms with E-state index in [9.17, 15) is 15.0 Å². The van der Waals surface area contributed by atoms with Crippen LogP contribution in [0.15, 0.2) is 35.5 Å². The van der Waals surface area contributed by atoms with Gasteiger partial charge in [0.15, 0.2) is 0 Å². The Kier molecular flexibility index (Phi) is 6.76. The lowest BCUT2D eigenvalue weighted by molar-refractivity contribution is -0.140. The van der Waals surface area contributed by atoms with Gasteiger partial charge in [0.1, 0.15) is 6.10 Å². The van der Waals surface area contributed by atoms with Gasteiger partial charge in [0.2, 0.25) is 0 Å². The third-order valence-electron chi connectivity index (χ3n) is 11.6. The monoisotopic (exact) mass is 484 g/mol. The first-order valence-electron chi connectivity index (χ1n) is 13.8. The minimum absolute atomic E-state index is 0.00264. The highest BCUT2D eigenvalue weighted by Gasteiger charge is 2.67. The second-order valence-electron chi connectivity index (χ2n) is 13.6. The molecule has 0 amide bonds. The van der Waals surface area contributed by atoms with Gasteiger partial charge in [0, 0.05) is 11.3 Å². The van der Waals surface area contributed by atoms with Crippen LogP contribution in [0.2, 0.25) is 0 Å². The smallest absolute Gasteiger partial charge is 0.293 e. The maximum absolute atomic E-state index is 11.7. The summed E-state index contributed by atoms with van der Waals surface area (Å²) in [5.74, 6) is 0.868. The number of allylic oxidation sites excluding steroid dienone is 4. The normalized spacial score (nSPS) is 42.8. The Morgan fingerprint density at radius 3 is 2.46 bits per heavy atom. The Morgan fingerprint density at radius 2 is 1.83 bits per heavy atom. The molecule has 4 nitrogen and oxygen atoms in total. The van der Waals surface area contributed by atoms with Crippen molar-refractivity contribution in [2.24, 2.45) is 39.4 Å². The number of carbonyl (C=O) groups is 1. The van der Waals surface area contributed by atoms with Crippen LogP contribution in [-0.4, -0.2) is 35.0 Å². The molecule has 0 heterocycles. The highest BCUT2D eigenvalue weighted by Crippen LogP contribution is 2.71. The van der Waals surface area contributed by atoms with Gasteiger partial charge in [-0.05, 0) is 84.2 Å². The van der Waals surface area contributed by atoms with Gasteiger partial charge in [-0.25, -0.2) is 0 Å². The van der Waals surface area contributed by atoms with Gasteiger partial charge in [-0.1, -0.05) is 72.8 Å². The zero-order chi connectivity index (χ0) is 26.0. The maximum Gasteiger partial charge on any atom is 0.293 e. The molecule has 2 fully saturated rings. The van der Waals surface area contributed by atoms with Crippen LogP contribution in [0.1, 0.15) is 93.4 Å². The highest BCUT2D eigenvalue weighted by molar-refractivity contribution is 5.51. The third kappa shape index (κ3) is 3.72. The van der Waals surface area contributed by atoms with Crippen molar-refractivity contribution in [3.63, 3.8) is 0 Å². The van der Waals surface area contributed by atoms with Crippen molar-refractivity contribution >= 4 is 6.47 Å². The van der Waals surface area contributed by atoms with Crippen molar-refractivity contribution < 1.29 is 19.7 Å². The molecule has 0 radical (unpaired) electrons. The number of hydrogen-bond acceptors (Lipinski definition) is 4. The molecule has 35 heavy (non-hydrogen) atoms. The van der Waals surface area contributed by atoms with Crippen LogP contribution in [0, 0.1) is 39.4 Å². The van der Waals surface area contributed by atoms with Gasteiger partial charge < -0.3 is 14.9 Å². The van der Waals surface area contributed by atoms with Crippen LogP contribution in [0.5, 0.6) is 0 Å². The molecule has 196 valence electrons. The molecule has 4 aliphatic rings. The molecule has 2 saturated carbocycles. The summed E-state index contributed by atoms with van der Waals surface area (Å²) in [5.41, 5.74) is 3.14. The first kappa shape index (κ1) is 26.7. The van der Waals surface area contributed by atoms with Crippen molar-refractivity contribution in [2.45, 2.75) is 112 Å². The molecule has 4 aliphatic carbocycles. The summed E-state index contributed by atoms with van der Waals surface area (Å²) in [6.07, 6.45) is 9.66. The molecule has 8 atom stereocenters. The van der Waals surface area contributed by atoms with Crippen molar-refractivity contribution in [1.29, 1.82) is 0 Å². The molecule has 4 rings (SSSR count).